The largest absolute Gasteiger partial charge is 0.494 e. The van der Waals surface area contributed by atoms with Gasteiger partial charge in [0.2, 0.25) is 0 Å². The first-order valence-corrected chi connectivity index (χ1v) is 6.87. The van der Waals surface area contributed by atoms with Gasteiger partial charge in [-0.15, -0.1) is 0 Å². The van der Waals surface area contributed by atoms with Gasteiger partial charge in [-0.05, 0) is 44.5 Å². The van der Waals surface area contributed by atoms with E-state index in [1.165, 1.54) is 6.92 Å². The number of amides is 1. The summed E-state index contributed by atoms with van der Waals surface area (Å²) in [6.07, 6.45) is -0.226. The smallest absolute Gasteiger partial charge is 0.306 e. The number of rotatable bonds is 9. The molecule has 0 saturated heterocycles. The second-order valence-electron chi connectivity index (χ2n) is 4.39. The second kappa shape index (κ2) is 8.84. The van der Waals surface area contributed by atoms with Crippen LogP contribution >= 0.6 is 0 Å². The minimum Gasteiger partial charge on any atom is -0.494 e. The summed E-state index contributed by atoms with van der Waals surface area (Å²) in [7, 11) is 0. The lowest BCUT2D eigenvalue weighted by molar-refractivity contribution is -0.153. The van der Waals surface area contributed by atoms with E-state index < -0.39 is 18.0 Å². The quantitative estimate of drug-likeness (QED) is 0.553. The third-order valence-corrected chi connectivity index (χ3v) is 2.64. The molecule has 116 valence electrons. The molecule has 0 heterocycles. The highest BCUT2D eigenvalue weighted by Crippen LogP contribution is 2.17. The van der Waals surface area contributed by atoms with E-state index in [-0.39, 0.29) is 6.42 Å². The van der Waals surface area contributed by atoms with Gasteiger partial charge in [0.25, 0.3) is 5.91 Å². The van der Waals surface area contributed by atoms with Crippen LogP contribution in [0.25, 0.3) is 0 Å². The van der Waals surface area contributed by atoms with Crippen LogP contribution in [0.4, 0.5) is 0 Å². The van der Waals surface area contributed by atoms with E-state index in [1.54, 1.807) is 12.1 Å². The number of primary amides is 1. The number of benzene rings is 1. The topological polar surface area (TPSA) is 87.8 Å². The summed E-state index contributed by atoms with van der Waals surface area (Å²) >= 11 is 0. The summed E-state index contributed by atoms with van der Waals surface area (Å²) in [5, 5.41) is 0. The number of carbonyl (C=O) groups is 2. The van der Waals surface area contributed by atoms with Gasteiger partial charge in [0.05, 0.1) is 13.2 Å². The fraction of sp³-hybridized carbons (Fsp3) is 0.467. The van der Waals surface area contributed by atoms with E-state index in [0.717, 1.165) is 5.75 Å². The Kier molecular flexibility index (Phi) is 7.08. The highest BCUT2D eigenvalue weighted by atomic mass is 16.5. The molecule has 0 saturated carbocycles. The Bertz CT molecular complexity index is 458. The average molecular weight is 295 g/mol. The molecule has 21 heavy (non-hydrogen) atoms. The Hall–Kier alpha value is -2.24. The molecular formula is C15H21NO5. The van der Waals surface area contributed by atoms with Crippen molar-refractivity contribution in [3.63, 3.8) is 0 Å². The lowest BCUT2D eigenvalue weighted by atomic mass is 10.3. The van der Waals surface area contributed by atoms with E-state index >= 15 is 0 Å². The first-order chi connectivity index (χ1) is 10.0. The van der Waals surface area contributed by atoms with Gasteiger partial charge in [-0.25, -0.2) is 0 Å². The number of hydrogen-bond acceptors (Lipinski definition) is 5. The minimum atomic E-state index is -0.899. The van der Waals surface area contributed by atoms with Crippen LogP contribution in [0, 0.1) is 0 Å². The maximum Gasteiger partial charge on any atom is 0.306 e. The molecule has 1 atom stereocenters. The highest BCUT2D eigenvalue weighted by Gasteiger charge is 2.13. The van der Waals surface area contributed by atoms with Crippen LogP contribution in [0.1, 0.15) is 26.7 Å². The molecule has 0 spiro atoms. The fourth-order valence-electron chi connectivity index (χ4n) is 1.52. The first kappa shape index (κ1) is 16.8. The van der Waals surface area contributed by atoms with Crippen LogP contribution in [0.3, 0.4) is 0 Å². The van der Waals surface area contributed by atoms with Gasteiger partial charge in [-0.1, -0.05) is 0 Å². The molecule has 0 radical (unpaired) electrons. The lowest BCUT2D eigenvalue weighted by Gasteiger charge is -2.10. The maximum atomic E-state index is 11.4. The van der Waals surface area contributed by atoms with Gasteiger partial charge in [0.15, 0.2) is 6.10 Å². The van der Waals surface area contributed by atoms with E-state index in [0.29, 0.717) is 25.4 Å². The maximum absolute atomic E-state index is 11.4. The molecule has 0 unspecified atom stereocenters. The monoisotopic (exact) mass is 295 g/mol. The third kappa shape index (κ3) is 6.65. The molecule has 0 bridgehead atoms. The van der Waals surface area contributed by atoms with Crippen LogP contribution in [-0.2, 0) is 14.3 Å². The van der Waals surface area contributed by atoms with Crippen molar-refractivity contribution in [2.24, 2.45) is 5.73 Å². The molecule has 1 aromatic rings. The van der Waals surface area contributed by atoms with Crippen molar-refractivity contribution in [2.75, 3.05) is 13.2 Å². The van der Waals surface area contributed by atoms with E-state index in [2.05, 4.69) is 0 Å². The molecular weight excluding hydrogens is 274 g/mol. The van der Waals surface area contributed by atoms with Crippen LogP contribution in [-0.4, -0.2) is 31.2 Å². The summed E-state index contributed by atoms with van der Waals surface area (Å²) < 4.78 is 15.6. The Morgan fingerprint density at radius 1 is 1.14 bits per heavy atom. The number of hydrogen-bond donors (Lipinski definition) is 1. The van der Waals surface area contributed by atoms with Gasteiger partial charge < -0.3 is 19.9 Å². The van der Waals surface area contributed by atoms with E-state index in [4.69, 9.17) is 19.9 Å². The number of carbonyl (C=O) groups excluding carboxylic acids is 2. The Morgan fingerprint density at radius 3 is 2.24 bits per heavy atom. The summed E-state index contributed by atoms with van der Waals surface area (Å²) in [5.41, 5.74) is 5.00. The molecule has 0 aromatic heterocycles. The summed E-state index contributed by atoms with van der Waals surface area (Å²) in [6.45, 7) is 4.36. The first-order valence-electron chi connectivity index (χ1n) is 6.87. The van der Waals surface area contributed by atoms with Gasteiger partial charge in [0, 0.05) is 6.42 Å². The SMILES string of the molecule is CCOc1ccc(OCCCC(=O)O[C@H](C)C(N)=O)cc1. The van der Waals surface area contributed by atoms with Gasteiger partial charge in [0.1, 0.15) is 11.5 Å². The van der Waals surface area contributed by atoms with Crippen LogP contribution in [0.15, 0.2) is 24.3 Å². The van der Waals surface area contributed by atoms with Gasteiger partial charge in [-0.2, -0.15) is 0 Å². The minimum absolute atomic E-state index is 0.175. The Labute approximate surface area is 124 Å². The molecule has 0 aliphatic carbocycles. The standard InChI is InChI=1S/C15H21NO5/c1-3-19-12-6-8-13(9-7-12)20-10-4-5-14(17)21-11(2)15(16)18/h6-9,11H,3-5,10H2,1-2H3,(H2,16,18)/t11-/m1/s1. The summed E-state index contributed by atoms with van der Waals surface area (Å²) in [5.74, 6) is 0.372. The van der Waals surface area contributed by atoms with E-state index in [1.807, 2.05) is 19.1 Å². The zero-order valence-corrected chi connectivity index (χ0v) is 12.3. The van der Waals surface area contributed by atoms with Crippen LogP contribution in [0.5, 0.6) is 11.5 Å². The molecule has 1 amide bonds. The lowest BCUT2D eigenvalue weighted by Crippen LogP contribution is -2.30. The average Bonchev–Trinajstić information content (AvgIpc) is 2.45. The molecule has 6 heteroatoms. The van der Waals surface area contributed by atoms with Crippen molar-refractivity contribution < 1.29 is 23.8 Å². The Morgan fingerprint density at radius 2 is 1.71 bits per heavy atom. The highest BCUT2D eigenvalue weighted by molar-refractivity contribution is 5.81. The number of ether oxygens (including phenoxy) is 3. The normalized spacial score (nSPS) is 11.5. The predicted octanol–water partition coefficient (Wildman–Crippen LogP) is 1.66. The van der Waals surface area contributed by atoms with Crippen molar-refractivity contribution in [2.45, 2.75) is 32.8 Å². The van der Waals surface area contributed by atoms with Crippen LogP contribution in [0.2, 0.25) is 0 Å². The third-order valence-electron chi connectivity index (χ3n) is 2.64. The fourth-order valence-corrected chi connectivity index (χ4v) is 1.52. The second-order valence-corrected chi connectivity index (χ2v) is 4.39. The molecule has 6 nitrogen and oxygen atoms in total. The molecule has 1 aromatic carbocycles. The van der Waals surface area contributed by atoms with Crippen molar-refractivity contribution in [3.05, 3.63) is 24.3 Å². The van der Waals surface area contributed by atoms with Crippen molar-refractivity contribution in [1.29, 1.82) is 0 Å². The summed E-state index contributed by atoms with van der Waals surface area (Å²) in [4.78, 5) is 22.1. The predicted molar refractivity (Wildman–Crippen MR) is 77.1 cm³/mol. The van der Waals surface area contributed by atoms with Gasteiger partial charge in [-0.3, -0.25) is 9.59 Å². The zero-order chi connectivity index (χ0) is 15.7. The van der Waals surface area contributed by atoms with Crippen LogP contribution < -0.4 is 15.2 Å². The molecule has 0 fully saturated rings. The van der Waals surface area contributed by atoms with Crippen molar-refractivity contribution in [3.8, 4) is 11.5 Å². The number of nitrogens with two attached hydrogens (primary N) is 1. The van der Waals surface area contributed by atoms with Gasteiger partial charge >= 0.3 is 5.97 Å². The summed E-state index contributed by atoms with van der Waals surface area (Å²) in [6, 6.07) is 7.25. The molecule has 1 rings (SSSR count). The Balaban J connectivity index is 2.21. The van der Waals surface area contributed by atoms with Crippen molar-refractivity contribution >= 4 is 11.9 Å². The molecule has 2 N–H and O–H groups in total. The molecule has 0 aliphatic rings. The number of esters is 1. The zero-order valence-electron chi connectivity index (χ0n) is 12.3. The van der Waals surface area contributed by atoms with Crippen molar-refractivity contribution in [1.82, 2.24) is 0 Å². The molecule has 0 aliphatic heterocycles. The van der Waals surface area contributed by atoms with E-state index in [9.17, 15) is 9.59 Å².